The zero-order chi connectivity index (χ0) is 16.4. The number of halogens is 3. The maximum absolute atomic E-state index is 12.7. The number of alkyl halides is 3. The Morgan fingerprint density at radius 3 is 2.78 bits per heavy atom. The highest BCUT2D eigenvalue weighted by atomic mass is 19.4. The minimum Gasteiger partial charge on any atom is -0.489 e. The number of hydrogen-bond donors (Lipinski definition) is 1. The number of aromatic nitrogens is 2. The van der Waals surface area contributed by atoms with Crippen molar-refractivity contribution in [3.63, 3.8) is 0 Å². The van der Waals surface area contributed by atoms with Crippen LogP contribution in [0.5, 0.6) is 5.75 Å². The molecule has 0 atom stereocenters. The van der Waals surface area contributed by atoms with Gasteiger partial charge in [0.25, 0.3) is 0 Å². The van der Waals surface area contributed by atoms with Crippen molar-refractivity contribution in [3.05, 3.63) is 42.2 Å². The van der Waals surface area contributed by atoms with Gasteiger partial charge in [-0.1, -0.05) is 0 Å². The van der Waals surface area contributed by atoms with E-state index in [4.69, 9.17) is 14.3 Å². The second-order valence-electron chi connectivity index (χ2n) is 4.64. The average Bonchev–Trinajstić information content (AvgIpc) is 2.95. The fourth-order valence-corrected chi connectivity index (χ4v) is 2.05. The lowest BCUT2D eigenvalue weighted by molar-refractivity contribution is -0.137. The van der Waals surface area contributed by atoms with Crippen molar-refractivity contribution in [2.75, 3.05) is 13.2 Å². The summed E-state index contributed by atoms with van der Waals surface area (Å²) < 4.78 is 49.0. The number of aliphatic hydroxyl groups is 1. The summed E-state index contributed by atoms with van der Waals surface area (Å²) in [4.78, 5) is 7.99. The van der Waals surface area contributed by atoms with Gasteiger partial charge in [0.1, 0.15) is 17.9 Å². The lowest BCUT2D eigenvalue weighted by atomic mass is 10.2. The lowest BCUT2D eigenvalue weighted by Crippen LogP contribution is -2.04. The molecule has 0 unspecified atom stereocenters. The molecule has 2 heterocycles. The normalized spacial score (nSPS) is 11.8. The number of benzene rings is 1. The Kier molecular flexibility index (Phi) is 3.91. The van der Waals surface area contributed by atoms with E-state index >= 15 is 0 Å². The van der Waals surface area contributed by atoms with E-state index in [2.05, 4.69) is 9.97 Å². The molecule has 23 heavy (non-hydrogen) atoms. The van der Waals surface area contributed by atoms with Crippen LogP contribution in [-0.2, 0) is 6.18 Å². The molecule has 0 bridgehead atoms. The number of pyridine rings is 1. The van der Waals surface area contributed by atoms with Crippen LogP contribution < -0.4 is 4.74 Å². The lowest BCUT2D eigenvalue weighted by Gasteiger charge is -2.06. The van der Waals surface area contributed by atoms with Crippen LogP contribution >= 0.6 is 0 Å². The molecule has 0 aliphatic heterocycles. The molecule has 0 spiro atoms. The van der Waals surface area contributed by atoms with Crippen molar-refractivity contribution in [1.29, 1.82) is 0 Å². The number of fused-ring (bicyclic) bond motifs is 1. The molecule has 0 saturated carbocycles. The van der Waals surface area contributed by atoms with Gasteiger partial charge < -0.3 is 14.3 Å². The van der Waals surface area contributed by atoms with Crippen molar-refractivity contribution in [3.8, 4) is 17.2 Å². The summed E-state index contributed by atoms with van der Waals surface area (Å²) in [6.07, 6.45) is -1.54. The molecule has 0 aliphatic carbocycles. The number of nitrogens with zero attached hydrogens (tertiary/aromatic N) is 2. The second kappa shape index (κ2) is 5.88. The van der Waals surface area contributed by atoms with Crippen LogP contribution in [0.4, 0.5) is 13.2 Å². The van der Waals surface area contributed by atoms with E-state index in [9.17, 15) is 13.2 Å². The van der Waals surface area contributed by atoms with Crippen LogP contribution in [0.3, 0.4) is 0 Å². The smallest absolute Gasteiger partial charge is 0.416 e. The number of aliphatic hydroxyl groups excluding tert-OH is 1. The molecule has 3 rings (SSSR count). The number of rotatable bonds is 4. The molecule has 0 radical (unpaired) electrons. The van der Waals surface area contributed by atoms with Crippen molar-refractivity contribution in [2.45, 2.75) is 6.18 Å². The predicted molar refractivity (Wildman–Crippen MR) is 74.8 cm³/mol. The topological polar surface area (TPSA) is 68.4 Å². The first-order valence-corrected chi connectivity index (χ1v) is 6.65. The first-order valence-electron chi connectivity index (χ1n) is 6.65. The van der Waals surface area contributed by atoms with E-state index in [0.717, 1.165) is 12.1 Å². The van der Waals surface area contributed by atoms with Crippen molar-refractivity contribution in [2.24, 2.45) is 0 Å². The SMILES string of the molecule is OCCOc1cnccc1-c1nc2cc(C(F)(F)F)ccc2o1. The van der Waals surface area contributed by atoms with Gasteiger partial charge in [0, 0.05) is 6.20 Å². The summed E-state index contributed by atoms with van der Waals surface area (Å²) in [6, 6.07) is 4.66. The molecule has 2 aromatic heterocycles. The molecular weight excluding hydrogens is 313 g/mol. The first kappa shape index (κ1) is 15.3. The number of hydrogen-bond acceptors (Lipinski definition) is 5. The highest BCUT2D eigenvalue weighted by Gasteiger charge is 2.31. The van der Waals surface area contributed by atoms with Crippen molar-refractivity contribution in [1.82, 2.24) is 9.97 Å². The fraction of sp³-hybridized carbons (Fsp3) is 0.200. The minimum atomic E-state index is -4.45. The second-order valence-corrected chi connectivity index (χ2v) is 4.64. The summed E-state index contributed by atoms with van der Waals surface area (Å²) in [5.41, 5.74) is -0.0211. The maximum Gasteiger partial charge on any atom is 0.416 e. The highest BCUT2D eigenvalue weighted by molar-refractivity contribution is 5.78. The molecule has 0 saturated heterocycles. The largest absolute Gasteiger partial charge is 0.489 e. The van der Waals surface area contributed by atoms with Gasteiger partial charge in [-0.15, -0.1) is 0 Å². The van der Waals surface area contributed by atoms with Gasteiger partial charge >= 0.3 is 6.18 Å². The zero-order valence-electron chi connectivity index (χ0n) is 11.7. The van der Waals surface area contributed by atoms with Crippen LogP contribution in [0.1, 0.15) is 5.56 Å². The van der Waals surface area contributed by atoms with E-state index in [1.807, 2.05) is 0 Å². The third-order valence-electron chi connectivity index (χ3n) is 3.08. The third kappa shape index (κ3) is 3.11. The molecule has 120 valence electrons. The first-order chi connectivity index (χ1) is 11.0. The summed E-state index contributed by atoms with van der Waals surface area (Å²) in [5, 5.41) is 8.82. The van der Waals surface area contributed by atoms with Gasteiger partial charge in [-0.25, -0.2) is 4.98 Å². The summed E-state index contributed by atoms with van der Waals surface area (Å²) in [5.74, 6) is 0.443. The third-order valence-corrected chi connectivity index (χ3v) is 3.08. The van der Waals surface area contributed by atoms with Gasteiger partial charge in [0.2, 0.25) is 5.89 Å². The van der Waals surface area contributed by atoms with Crippen LogP contribution in [-0.4, -0.2) is 28.3 Å². The Hall–Kier alpha value is -2.61. The van der Waals surface area contributed by atoms with Gasteiger partial charge in [-0.05, 0) is 24.3 Å². The van der Waals surface area contributed by atoms with Crippen LogP contribution in [0.25, 0.3) is 22.6 Å². The Morgan fingerprint density at radius 2 is 2.04 bits per heavy atom. The standard InChI is InChI=1S/C15H11F3N2O3/c16-15(17,18)9-1-2-12-11(7-9)20-14(23-12)10-3-4-19-8-13(10)22-6-5-21/h1-4,7-8,21H,5-6H2. The quantitative estimate of drug-likeness (QED) is 0.797. The molecule has 3 aromatic rings. The Balaban J connectivity index is 2.04. The predicted octanol–water partition coefficient (Wildman–Crippen LogP) is 3.28. The minimum absolute atomic E-state index is 0.0527. The highest BCUT2D eigenvalue weighted by Crippen LogP contribution is 2.34. The van der Waals surface area contributed by atoms with E-state index in [-0.39, 0.29) is 30.2 Å². The van der Waals surface area contributed by atoms with Crippen molar-refractivity contribution < 1.29 is 27.4 Å². The Labute approximate surface area is 128 Å². The number of ether oxygens (including phenoxy) is 1. The molecule has 0 amide bonds. The van der Waals surface area contributed by atoms with Gasteiger partial charge in [-0.2, -0.15) is 13.2 Å². The molecule has 0 aliphatic rings. The van der Waals surface area contributed by atoms with E-state index in [0.29, 0.717) is 11.3 Å². The maximum atomic E-state index is 12.7. The Bertz CT molecular complexity index is 830. The van der Waals surface area contributed by atoms with Crippen LogP contribution in [0, 0.1) is 0 Å². The van der Waals surface area contributed by atoms with E-state index in [1.165, 1.54) is 18.5 Å². The molecule has 8 heteroatoms. The molecule has 0 fully saturated rings. The van der Waals surface area contributed by atoms with E-state index < -0.39 is 11.7 Å². The monoisotopic (exact) mass is 324 g/mol. The van der Waals surface area contributed by atoms with Crippen LogP contribution in [0.2, 0.25) is 0 Å². The van der Waals surface area contributed by atoms with Crippen LogP contribution in [0.15, 0.2) is 41.1 Å². The number of oxazole rings is 1. The molecule has 1 aromatic carbocycles. The zero-order valence-corrected chi connectivity index (χ0v) is 11.7. The summed E-state index contributed by atoms with van der Waals surface area (Å²) >= 11 is 0. The molecule has 5 nitrogen and oxygen atoms in total. The van der Waals surface area contributed by atoms with E-state index in [1.54, 1.807) is 6.07 Å². The fourth-order valence-electron chi connectivity index (χ4n) is 2.05. The average molecular weight is 324 g/mol. The molecule has 1 N–H and O–H groups in total. The van der Waals surface area contributed by atoms with Gasteiger partial charge in [0.15, 0.2) is 5.58 Å². The Morgan fingerprint density at radius 1 is 1.22 bits per heavy atom. The van der Waals surface area contributed by atoms with Gasteiger partial charge in [0.05, 0.1) is 23.9 Å². The summed E-state index contributed by atoms with van der Waals surface area (Å²) in [7, 11) is 0. The molecular formula is C15H11F3N2O3. The summed E-state index contributed by atoms with van der Waals surface area (Å²) in [6.45, 7) is -0.131. The van der Waals surface area contributed by atoms with Crippen molar-refractivity contribution >= 4 is 11.1 Å². The van der Waals surface area contributed by atoms with Gasteiger partial charge in [-0.3, -0.25) is 4.98 Å².